The van der Waals surface area contributed by atoms with Crippen molar-refractivity contribution in [3.05, 3.63) is 45.2 Å². The summed E-state index contributed by atoms with van der Waals surface area (Å²) in [4.78, 5) is 0. The Morgan fingerprint density at radius 2 is 2.06 bits per heavy atom. The van der Waals surface area contributed by atoms with Gasteiger partial charge >= 0.3 is 0 Å². The third-order valence-electron chi connectivity index (χ3n) is 2.58. The number of furan rings is 1. The van der Waals surface area contributed by atoms with Crippen molar-refractivity contribution in [3.8, 4) is 5.75 Å². The molecule has 0 saturated heterocycles. The fraction of sp³-hybridized carbons (Fsp3) is 0.231. The molecule has 0 fully saturated rings. The lowest BCUT2D eigenvalue weighted by molar-refractivity contribution is 0.412. The Hall–Kier alpha value is -0.940. The molecule has 1 aromatic carbocycles. The molecule has 1 aromatic heterocycles. The second-order valence-electron chi connectivity index (χ2n) is 3.85. The Morgan fingerprint density at radius 3 is 2.67 bits per heavy atom. The molecule has 0 saturated carbocycles. The summed E-state index contributed by atoms with van der Waals surface area (Å²) in [5, 5.41) is 3.37. The van der Waals surface area contributed by atoms with Crippen LogP contribution in [0.5, 0.6) is 5.75 Å². The summed E-state index contributed by atoms with van der Waals surface area (Å²) >= 11 is 6.97. The van der Waals surface area contributed by atoms with E-state index in [1.807, 2.05) is 31.2 Å². The lowest BCUT2D eigenvalue weighted by atomic mass is 10.2. The van der Waals surface area contributed by atoms with Gasteiger partial charge in [0.2, 0.25) is 0 Å². The Bertz CT molecular complexity index is 526. The van der Waals surface area contributed by atoms with Crippen LogP contribution in [0.1, 0.15) is 18.7 Å². The summed E-state index contributed by atoms with van der Waals surface area (Å²) in [6, 6.07) is 7.80. The molecule has 1 N–H and O–H groups in total. The van der Waals surface area contributed by atoms with Gasteiger partial charge in [0.05, 0.1) is 29.6 Å². The van der Waals surface area contributed by atoms with Crippen molar-refractivity contribution in [1.82, 2.24) is 0 Å². The minimum Gasteiger partial charge on any atom is -0.495 e. The molecule has 5 heteroatoms. The van der Waals surface area contributed by atoms with Gasteiger partial charge in [0.15, 0.2) is 0 Å². The number of nitrogens with one attached hydrogen (secondary N) is 1. The van der Waals surface area contributed by atoms with Crippen molar-refractivity contribution in [2.75, 3.05) is 12.4 Å². The number of hydrogen-bond acceptors (Lipinski definition) is 3. The SMILES string of the molecule is COc1cc(NC(C)c2ccco2)c(Br)cc1Br. The second-order valence-corrected chi connectivity index (χ2v) is 5.56. The van der Waals surface area contributed by atoms with Crippen molar-refractivity contribution in [2.45, 2.75) is 13.0 Å². The van der Waals surface area contributed by atoms with E-state index in [1.165, 1.54) is 0 Å². The molecule has 18 heavy (non-hydrogen) atoms. The summed E-state index contributed by atoms with van der Waals surface area (Å²) < 4.78 is 12.5. The van der Waals surface area contributed by atoms with Crippen LogP contribution in [0.2, 0.25) is 0 Å². The van der Waals surface area contributed by atoms with Gasteiger partial charge in [0.1, 0.15) is 11.5 Å². The first kappa shape index (κ1) is 13.5. The van der Waals surface area contributed by atoms with Crippen molar-refractivity contribution in [3.63, 3.8) is 0 Å². The van der Waals surface area contributed by atoms with E-state index in [2.05, 4.69) is 37.2 Å². The topological polar surface area (TPSA) is 34.4 Å². The highest BCUT2D eigenvalue weighted by Gasteiger charge is 2.12. The number of methoxy groups -OCH3 is 1. The van der Waals surface area contributed by atoms with Crippen LogP contribution in [0.4, 0.5) is 5.69 Å². The van der Waals surface area contributed by atoms with E-state index < -0.39 is 0 Å². The van der Waals surface area contributed by atoms with Crippen LogP contribution in [0.3, 0.4) is 0 Å². The summed E-state index contributed by atoms with van der Waals surface area (Å²) in [5.74, 6) is 1.68. The summed E-state index contributed by atoms with van der Waals surface area (Å²) in [6.07, 6.45) is 1.67. The van der Waals surface area contributed by atoms with E-state index >= 15 is 0 Å². The van der Waals surface area contributed by atoms with Gasteiger partial charge in [-0.1, -0.05) is 0 Å². The summed E-state index contributed by atoms with van der Waals surface area (Å²) in [5.41, 5.74) is 0.957. The Morgan fingerprint density at radius 1 is 1.28 bits per heavy atom. The normalized spacial score (nSPS) is 12.2. The van der Waals surface area contributed by atoms with Crippen molar-refractivity contribution >= 4 is 37.5 Å². The molecule has 1 unspecified atom stereocenters. The van der Waals surface area contributed by atoms with Gasteiger partial charge in [0.25, 0.3) is 0 Å². The standard InChI is InChI=1S/C13H13Br2NO2/c1-8(12-4-3-5-18-12)16-11-7-13(17-2)10(15)6-9(11)14/h3-8,16H,1-2H3. The average Bonchev–Trinajstić information content (AvgIpc) is 2.86. The van der Waals surface area contributed by atoms with E-state index in [4.69, 9.17) is 9.15 Å². The fourth-order valence-corrected chi connectivity index (χ4v) is 2.91. The van der Waals surface area contributed by atoms with Gasteiger partial charge in [-0.2, -0.15) is 0 Å². The highest BCUT2D eigenvalue weighted by Crippen LogP contribution is 2.36. The first-order valence-electron chi connectivity index (χ1n) is 5.44. The zero-order valence-electron chi connectivity index (χ0n) is 10.0. The van der Waals surface area contributed by atoms with Gasteiger partial charge in [-0.05, 0) is 57.0 Å². The molecule has 0 aliphatic heterocycles. The molecule has 2 rings (SSSR count). The lowest BCUT2D eigenvalue weighted by Gasteiger charge is -2.16. The number of rotatable bonds is 4. The number of benzene rings is 1. The van der Waals surface area contributed by atoms with E-state index in [9.17, 15) is 0 Å². The van der Waals surface area contributed by atoms with Gasteiger partial charge in [-0.15, -0.1) is 0 Å². The molecule has 0 spiro atoms. The molecular weight excluding hydrogens is 362 g/mol. The van der Waals surface area contributed by atoms with Gasteiger partial charge < -0.3 is 14.5 Å². The molecule has 96 valence electrons. The number of anilines is 1. The minimum absolute atomic E-state index is 0.0854. The van der Waals surface area contributed by atoms with Gasteiger partial charge in [-0.25, -0.2) is 0 Å². The largest absolute Gasteiger partial charge is 0.495 e. The number of ether oxygens (including phenoxy) is 1. The third-order valence-corrected chi connectivity index (χ3v) is 3.86. The summed E-state index contributed by atoms with van der Waals surface area (Å²) in [6.45, 7) is 2.04. The number of halogens is 2. The Balaban J connectivity index is 2.23. The van der Waals surface area contributed by atoms with Crippen LogP contribution in [-0.4, -0.2) is 7.11 Å². The van der Waals surface area contributed by atoms with E-state index in [-0.39, 0.29) is 6.04 Å². The van der Waals surface area contributed by atoms with Crippen LogP contribution < -0.4 is 10.1 Å². The fourth-order valence-electron chi connectivity index (χ4n) is 1.64. The molecule has 0 aliphatic carbocycles. The molecule has 0 radical (unpaired) electrons. The van der Waals surface area contributed by atoms with Crippen LogP contribution in [0.15, 0.2) is 43.9 Å². The lowest BCUT2D eigenvalue weighted by Crippen LogP contribution is -2.06. The molecule has 0 aliphatic rings. The average molecular weight is 375 g/mol. The monoisotopic (exact) mass is 373 g/mol. The van der Waals surface area contributed by atoms with E-state index in [0.717, 1.165) is 26.1 Å². The predicted octanol–water partition coefficient (Wildman–Crippen LogP) is 4.99. The van der Waals surface area contributed by atoms with Crippen molar-refractivity contribution in [2.24, 2.45) is 0 Å². The van der Waals surface area contributed by atoms with Crippen LogP contribution in [0.25, 0.3) is 0 Å². The Labute approximate surface area is 123 Å². The van der Waals surface area contributed by atoms with Crippen molar-refractivity contribution in [1.29, 1.82) is 0 Å². The number of hydrogen-bond donors (Lipinski definition) is 1. The maximum Gasteiger partial charge on any atom is 0.135 e. The van der Waals surface area contributed by atoms with Crippen LogP contribution >= 0.6 is 31.9 Å². The minimum atomic E-state index is 0.0854. The maximum atomic E-state index is 5.37. The molecule has 2 aromatic rings. The quantitative estimate of drug-likeness (QED) is 0.818. The highest BCUT2D eigenvalue weighted by molar-refractivity contribution is 9.11. The molecule has 0 bridgehead atoms. The zero-order valence-corrected chi connectivity index (χ0v) is 13.2. The van der Waals surface area contributed by atoms with Crippen LogP contribution in [0, 0.1) is 0 Å². The smallest absolute Gasteiger partial charge is 0.135 e. The first-order chi connectivity index (χ1) is 8.61. The summed E-state index contributed by atoms with van der Waals surface area (Å²) in [7, 11) is 1.65. The second kappa shape index (κ2) is 5.80. The Kier molecular flexibility index (Phi) is 4.35. The van der Waals surface area contributed by atoms with E-state index in [0.29, 0.717) is 0 Å². The predicted molar refractivity (Wildman–Crippen MR) is 79.1 cm³/mol. The van der Waals surface area contributed by atoms with Gasteiger partial charge in [-0.3, -0.25) is 0 Å². The maximum absolute atomic E-state index is 5.37. The molecular formula is C13H13Br2NO2. The first-order valence-corrected chi connectivity index (χ1v) is 7.03. The zero-order chi connectivity index (χ0) is 13.1. The molecule has 1 atom stereocenters. The third kappa shape index (κ3) is 2.90. The highest BCUT2D eigenvalue weighted by atomic mass is 79.9. The molecule has 0 amide bonds. The van der Waals surface area contributed by atoms with Crippen molar-refractivity contribution < 1.29 is 9.15 Å². The van der Waals surface area contributed by atoms with Gasteiger partial charge in [0, 0.05) is 10.5 Å². The molecule has 1 heterocycles. The van der Waals surface area contributed by atoms with Crippen LogP contribution in [-0.2, 0) is 0 Å². The van der Waals surface area contributed by atoms with E-state index in [1.54, 1.807) is 13.4 Å². The molecule has 3 nitrogen and oxygen atoms in total.